The number of hydrogen-bond acceptors (Lipinski definition) is 6. The van der Waals surface area contributed by atoms with Crippen molar-refractivity contribution in [2.24, 2.45) is 0 Å². The predicted molar refractivity (Wildman–Crippen MR) is 87.8 cm³/mol. The number of aromatic nitrogens is 2. The van der Waals surface area contributed by atoms with Crippen molar-refractivity contribution in [1.82, 2.24) is 14.9 Å². The molecule has 0 N–H and O–H groups in total. The van der Waals surface area contributed by atoms with E-state index in [1.54, 1.807) is 19.1 Å². The minimum Gasteiger partial charge on any atom is -0.481 e. The molecule has 7 heteroatoms. The first kappa shape index (κ1) is 17.3. The lowest BCUT2D eigenvalue weighted by Gasteiger charge is -2.38. The Labute approximate surface area is 137 Å². The lowest BCUT2D eigenvalue weighted by atomic mass is 10.0. The Hall–Kier alpha value is -2.05. The van der Waals surface area contributed by atoms with E-state index in [9.17, 15) is 4.79 Å². The van der Waals surface area contributed by atoms with Gasteiger partial charge in [-0.1, -0.05) is 0 Å². The van der Waals surface area contributed by atoms with Crippen LogP contribution >= 0.6 is 0 Å². The monoisotopic (exact) mass is 322 g/mol. The van der Waals surface area contributed by atoms with E-state index < -0.39 is 5.60 Å². The third-order valence-corrected chi connectivity index (χ3v) is 3.79. The van der Waals surface area contributed by atoms with Crippen LogP contribution in [0.2, 0.25) is 0 Å². The van der Waals surface area contributed by atoms with Gasteiger partial charge in [0.05, 0.1) is 13.2 Å². The number of methoxy groups -OCH3 is 1. The molecule has 1 saturated heterocycles. The second kappa shape index (κ2) is 7.02. The second-order valence-corrected chi connectivity index (χ2v) is 6.75. The molecule has 1 aliphatic rings. The summed E-state index contributed by atoms with van der Waals surface area (Å²) < 4.78 is 10.6. The Kier molecular flexibility index (Phi) is 5.28. The smallest absolute Gasteiger partial charge is 0.410 e. The van der Waals surface area contributed by atoms with E-state index in [-0.39, 0.29) is 12.1 Å². The number of carbonyl (C=O) groups is 1. The molecule has 1 fully saturated rings. The fraction of sp³-hybridized carbons (Fsp3) is 0.688. The summed E-state index contributed by atoms with van der Waals surface area (Å²) in [5.74, 6) is 1.36. The fourth-order valence-electron chi connectivity index (χ4n) is 2.58. The van der Waals surface area contributed by atoms with Crippen molar-refractivity contribution in [2.45, 2.75) is 45.3 Å². The molecule has 2 rings (SSSR count). The number of piperidine rings is 1. The van der Waals surface area contributed by atoms with E-state index in [4.69, 9.17) is 9.47 Å². The van der Waals surface area contributed by atoms with Gasteiger partial charge >= 0.3 is 6.09 Å². The fourth-order valence-corrected chi connectivity index (χ4v) is 2.58. The number of nitrogens with zero attached hydrogens (tertiary/aromatic N) is 4. The van der Waals surface area contributed by atoms with Crippen LogP contribution in [0.15, 0.2) is 12.4 Å². The van der Waals surface area contributed by atoms with Gasteiger partial charge in [-0.3, -0.25) is 0 Å². The summed E-state index contributed by atoms with van der Waals surface area (Å²) in [6.07, 6.45) is 3.15. The molecule has 0 aliphatic carbocycles. The Morgan fingerprint density at radius 2 is 2.13 bits per heavy atom. The van der Waals surface area contributed by atoms with E-state index in [0.717, 1.165) is 31.7 Å². The summed E-state index contributed by atoms with van der Waals surface area (Å²) >= 11 is 0. The molecule has 0 radical (unpaired) electrons. The maximum absolute atomic E-state index is 12.2. The van der Waals surface area contributed by atoms with Crippen LogP contribution in [0, 0.1) is 0 Å². The predicted octanol–water partition coefficient (Wildman–Crippen LogP) is 2.32. The highest BCUT2D eigenvalue weighted by Crippen LogP contribution is 2.23. The van der Waals surface area contributed by atoms with Gasteiger partial charge in [0.25, 0.3) is 0 Å². The largest absolute Gasteiger partial charge is 0.481 e. The van der Waals surface area contributed by atoms with Crippen LogP contribution in [-0.4, -0.2) is 59.9 Å². The SMILES string of the molecule is COc1cc(N2CCC[C@@H](N(C)C(=O)OC(C)(C)C)C2)ncn1. The third kappa shape index (κ3) is 4.71. The molecule has 7 nitrogen and oxygen atoms in total. The Balaban J connectivity index is 2.03. The van der Waals surface area contributed by atoms with Crippen LogP contribution in [-0.2, 0) is 4.74 Å². The summed E-state index contributed by atoms with van der Waals surface area (Å²) in [6.45, 7) is 7.24. The molecule has 0 bridgehead atoms. The molecule has 1 aromatic heterocycles. The molecule has 1 aliphatic heterocycles. The minimum absolute atomic E-state index is 0.0968. The number of likely N-dealkylation sites (N-methyl/N-ethyl adjacent to an activating group) is 1. The lowest BCUT2D eigenvalue weighted by molar-refractivity contribution is 0.0209. The summed E-state index contributed by atoms with van der Waals surface area (Å²) in [5.41, 5.74) is -0.486. The van der Waals surface area contributed by atoms with Gasteiger partial charge in [-0.05, 0) is 33.6 Å². The highest BCUT2D eigenvalue weighted by Gasteiger charge is 2.29. The van der Waals surface area contributed by atoms with Gasteiger partial charge in [-0.15, -0.1) is 0 Å². The standard InChI is InChI=1S/C16H26N4O3/c1-16(2,3)23-15(21)19(4)12-7-6-8-20(10-12)13-9-14(22-5)18-11-17-13/h9,11-12H,6-8,10H2,1-5H3/t12-/m1/s1. The number of rotatable bonds is 3. The third-order valence-electron chi connectivity index (χ3n) is 3.79. The van der Waals surface area contributed by atoms with Crippen molar-refractivity contribution in [1.29, 1.82) is 0 Å². The van der Waals surface area contributed by atoms with E-state index in [2.05, 4.69) is 14.9 Å². The van der Waals surface area contributed by atoms with Gasteiger partial charge < -0.3 is 19.3 Å². The zero-order valence-corrected chi connectivity index (χ0v) is 14.6. The summed E-state index contributed by atoms with van der Waals surface area (Å²) in [6, 6.07) is 1.91. The first-order valence-electron chi connectivity index (χ1n) is 7.87. The van der Waals surface area contributed by atoms with Crippen LogP contribution in [0.4, 0.5) is 10.6 Å². The molecule has 0 spiro atoms. The van der Waals surface area contributed by atoms with Crippen LogP contribution in [0.25, 0.3) is 0 Å². The zero-order valence-electron chi connectivity index (χ0n) is 14.6. The van der Waals surface area contributed by atoms with Crippen molar-refractivity contribution in [2.75, 3.05) is 32.1 Å². The molecule has 0 aromatic carbocycles. The second-order valence-electron chi connectivity index (χ2n) is 6.75. The Bertz CT molecular complexity index is 544. The molecular weight excluding hydrogens is 296 g/mol. The maximum atomic E-state index is 12.2. The van der Waals surface area contributed by atoms with Crippen LogP contribution in [0.3, 0.4) is 0 Å². The van der Waals surface area contributed by atoms with Crippen molar-refractivity contribution < 1.29 is 14.3 Å². The van der Waals surface area contributed by atoms with Crippen LogP contribution in [0.5, 0.6) is 5.88 Å². The molecule has 0 unspecified atom stereocenters. The molecule has 128 valence electrons. The van der Waals surface area contributed by atoms with Crippen molar-refractivity contribution in [3.63, 3.8) is 0 Å². The zero-order chi connectivity index (χ0) is 17.0. The van der Waals surface area contributed by atoms with Gasteiger partial charge in [0.15, 0.2) is 0 Å². The molecule has 1 amide bonds. The average molecular weight is 322 g/mol. The first-order valence-corrected chi connectivity index (χ1v) is 7.87. The quantitative estimate of drug-likeness (QED) is 0.851. The molecular formula is C16H26N4O3. The molecule has 1 aromatic rings. The molecule has 2 heterocycles. The van der Waals surface area contributed by atoms with Crippen molar-refractivity contribution in [3.8, 4) is 5.88 Å². The number of amides is 1. The van der Waals surface area contributed by atoms with Gasteiger partial charge in [0.1, 0.15) is 17.7 Å². The normalized spacial score (nSPS) is 18.5. The first-order chi connectivity index (χ1) is 10.8. The Morgan fingerprint density at radius 1 is 1.39 bits per heavy atom. The van der Waals surface area contributed by atoms with E-state index >= 15 is 0 Å². The van der Waals surface area contributed by atoms with E-state index in [0.29, 0.717) is 5.88 Å². The van der Waals surface area contributed by atoms with Gasteiger partial charge in [-0.2, -0.15) is 0 Å². The maximum Gasteiger partial charge on any atom is 0.410 e. The number of carbonyl (C=O) groups excluding carboxylic acids is 1. The summed E-state index contributed by atoms with van der Waals surface area (Å²) in [5, 5.41) is 0. The van der Waals surface area contributed by atoms with Crippen LogP contribution in [0.1, 0.15) is 33.6 Å². The number of hydrogen-bond donors (Lipinski definition) is 0. The van der Waals surface area contributed by atoms with Crippen molar-refractivity contribution >= 4 is 11.9 Å². The van der Waals surface area contributed by atoms with Gasteiger partial charge in [0, 0.05) is 26.2 Å². The van der Waals surface area contributed by atoms with Crippen LogP contribution < -0.4 is 9.64 Å². The average Bonchev–Trinajstić information content (AvgIpc) is 2.52. The van der Waals surface area contributed by atoms with Crippen molar-refractivity contribution in [3.05, 3.63) is 12.4 Å². The summed E-state index contributed by atoms with van der Waals surface area (Å²) in [4.78, 5) is 24.4. The van der Waals surface area contributed by atoms with Gasteiger partial charge in [-0.25, -0.2) is 14.8 Å². The van der Waals surface area contributed by atoms with E-state index in [1.165, 1.54) is 6.33 Å². The molecule has 1 atom stereocenters. The molecule has 0 saturated carbocycles. The number of ether oxygens (including phenoxy) is 2. The lowest BCUT2D eigenvalue weighted by Crippen LogP contribution is -2.50. The number of anilines is 1. The van der Waals surface area contributed by atoms with Gasteiger partial charge in [0.2, 0.25) is 5.88 Å². The highest BCUT2D eigenvalue weighted by atomic mass is 16.6. The minimum atomic E-state index is -0.486. The Morgan fingerprint density at radius 3 is 2.78 bits per heavy atom. The molecule has 23 heavy (non-hydrogen) atoms. The van der Waals surface area contributed by atoms with E-state index in [1.807, 2.05) is 26.8 Å². The highest BCUT2D eigenvalue weighted by molar-refractivity contribution is 5.68. The summed E-state index contributed by atoms with van der Waals surface area (Å²) in [7, 11) is 3.38. The topological polar surface area (TPSA) is 67.8 Å².